The summed E-state index contributed by atoms with van der Waals surface area (Å²) in [7, 11) is 0. The smallest absolute Gasteiger partial charge is 0.134 e. The van der Waals surface area contributed by atoms with E-state index in [0.29, 0.717) is 0 Å². The Morgan fingerprint density at radius 2 is 2.00 bits per heavy atom. The Balaban J connectivity index is 2.47. The van der Waals surface area contributed by atoms with Crippen LogP contribution in [0.5, 0.6) is 0 Å². The quantitative estimate of drug-likeness (QED) is 0.539. The molecule has 1 aliphatic rings. The number of carbonyl (C=O) groups is 1. The van der Waals surface area contributed by atoms with Gasteiger partial charge in [0.1, 0.15) is 5.78 Å². The summed E-state index contributed by atoms with van der Waals surface area (Å²) in [5.41, 5.74) is 0. The first-order valence-electron chi connectivity index (χ1n) is 3.86. The first kappa shape index (κ1) is 8.06. The molecule has 0 aromatic rings. The van der Waals surface area contributed by atoms with E-state index in [9.17, 15) is 4.79 Å². The molecule has 0 radical (unpaired) electrons. The highest BCUT2D eigenvalue weighted by atomic mass is 35.5. The molecule has 0 saturated heterocycles. The van der Waals surface area contributed by atoms with Gasteiger partial charge >= 0.3 is 0 Å². The molecule has 1 fully saturated rings. The second-order valence-electron chi connectivity index (χ2n) is 3.02. The summed E-state index contributed by atoms with van der Waals surface area (Å²) in [5.74, 6) is 0.412. The SMILES string of the molecule is CC(=O)[C@H]1CCCC[C@H]1Cl. The Kier molecular flexibility index (Phi) is 2.72. The van der Waals surface area contributed by atoms with Crippen LogP contribution in [0.2, 0.25) is 0 Å². The van der Waals surface area contributed by atoms with E-state index in [2.05, 4.69) is 0 Å². The summed E-state index contributed by atoms with van der Waals surface area (Å²) in [6, 6.07) is 0. The summed E-state index contributed by atoms with van der Waals surface area (Å²) < 4.78 is 0. The molecule has 10 heavy (non-hydrogen) atoms. The van der Waals surface area contributed by atoms with Gasteiger partial charge in [0, 0.05) is 11.3 Å². The van der Waals surface area contributed by atoms with Crippen molar-refractivity contribution in [3.05, 3.63) is 0 Å². The van der Waals surface area contributed by atoms with Gasteiger partial charge in [-0.2, -0.15) is 0 Å². The molecule has 0 aromatic heterocycles. The number of carbonyl (C=O) groups excluding carboxylic acids is 1. The zero-order chi connectivity index (χ0) is 7.56. The van der Waals surface area contributed by atoms with Gasteiger partial charge in [-0.3, -0.25) is 4.79 Å². The highest BCUT2D eigenvalue weighted by molar-refractivity contribution is 6.22. The lowest BCUT2D eigenvalue weighted by Gasteiger charge is -2.24. The van der Waals surface area contributed by atoms with Crippen molar-refractivity contribution in [2.45, 2.75) is 38.0 Å². The van der Waals surface area contributed by atoms with Crippen molar-refractivity contribution in [2.24, 2.45) is 5.92 Å². The van der Waals surface area contributed by atoms with Crippen molar-refractivity contribution in [3.8, 4) is 0 Å². The molecule has 0 spiro atoms. The van der Waals surface area contributed by atoms with E-state index in [1.54, 1.807) is 6.92 Å². The van der Waals surface area contributed by atoms with Crippen molar-refractivity contribution in [2.75, 3.05) is 0 Å². The third-order valence-corrected chi connectivity index (χ3v) is 2.73. The predicted octanol–water partition coefficient (Wildman–Crippen LogP) is 2.37. The number of hydrogen-bond acceptors (Lipinski definition) is 1. The van der Waals surface area contributed by atoms with Crippen molar-refractivity contribution in [1.29, 1.82) is 0 Å². The van der Waals surface area contributed by atoms with E-state index in [1.807, 2.05) is 0 Å². The average molecular weight is 161 g/mol. The highest BCUT2D eigenvalue weighted by Crippen LogP contribution is 2.28. The molecule has 0 aliphatic heterocycles. The zero-order valence-corrected chi connectivity index (χ0v) is 7.03. The maximum absolute atomic E-state index is 10.9. The monoisotopic (exact) mass is 160 g/mol. The molecule has 0 amide bonds. The minimum absolute atomic E-state index is 0.117. The molecular weight excluding hydrogens is 148 g/mol. The molecule has 2 atom stereocenters. The Hall–Kier alpha value is -0.0400. The van der Waals surface area contributed by atoms with Crippen molar-refractivity contribution in [1.82, 2.24) is 0 Å². The van der Waals surface area contributed by atoms with Crippen molar-refractivity contribution in [3.63, 3.8) is 0 Å². The normalized spacial score (nSPS) is 33.8. The minimum Gasteiger partial charge on any atom is -0.300 e. The Morgan fingerprint density at radius 3 is 2.40 bits per heavy atom. The third kappa shape index (κ3) is 1.72. The van der Waals surface area contributed by atoms with Crippen LogP contribution >= 0.6 is 11.6 Å². The second-order valence-corrected chi connectivity index (χ2v) is 3.58. The van der Waals surface area contributed by atoms with Gasteiger partial charge in [0.15, 0.2) is 0 Å². The van der Waals surface area contributed by atoms with Gasteiger partial charge in [0.05, 0.1) is 0 Å². The largest absolute Gasteiger partial charge is 0.300 e. The molecule has 0 heterocycles. The molecule has 0 bridgehead atoms. The first-order valence-corrected chi connectivity index (χ1v) is 4.30. The van der Waals surface area contributed by atoms with Crippen LogP contribution < -0.4 is 0 Å². The summed E-state index contributed by atoms with van der Waals surface area (Å²) in [6.07, 6.45) is 4.39. The summed E-state index contributed by atoms with van der Waals surface area (Å²) in [5, 5.41) is 0.117. The van der Waals surface area contributed by atoms with E-state index >= 15 is 0 Å². The van der Waals surface area contributed by atoms with E-state index in [1.165, 1.54) is 12.8 Å². The number of rotatable bonds is 1. The third-order valence-electron chi connectivity index (χ3n) is 2.20. The van der Waals surface area contributed by atoms with E-state index in [-0.39, 0.29) is 17.1 Å². The zero-order valence-electron chi connectivity index (χ0n) is 6.27. The lowest BCUT2D eigenvalue weighted by Crippen LogP contribution is -2.25. The fourth-order valence-corrected chi connectivity index (χ4v) is 2.00. The molecule has 1 saturated carbocycles. The number of alkyl halides is 1. The van der Waals surface area contributed by atoms with Gasteiger partial charge in [-0.15, -0.1) is 11.6 Å². The van der Waals surface area contributed by atoms with Gasteiger partial charge in [0.2, 0.25) is 0 Å². The molecular formula is C8H13ClO. The molecule has 1 rings (SSSR count). The van der Waals surface area contributed by atoms with Gasteiger partial charge in [-0.1, -0.05) is 12.8 Å². The van der Waals surface area contributed by atoms with Crippen LogP contribution in [0.3, 0.4) is 0 Å². The standard InChI is InChI=1S/C8H13ClO/c1-6(10)7-4-2-3-5-8(7)9/h7-8H,2-5H2,1H3/t7-,8-/m1/s1. The maximum Gasteiger partial charge on any atom is 0.134 e. The molecule has 0 unspecified atom stereocenters. The van der Waals surface area contributed by atoms with Crippen LogP contribution in [0.25, 0.3) is 0 Å². The number of ketones is 1. The van der Waals surface area contributed by atoms with Gasteiger partial charge in [-0.05, 0) is 19.8 Å². The lowest BCUT2D eigenvalue weighted by atomic mass is 9.86. The van der Waals surface area contributed by atoms with E-state index in [0.717, 1.165) is 12.8 Å². The minimum atomic E-state index is 0.117. The summed E-state index contributed by atoms with van der Waals surface area (Å²) >= 11 is 5.96. The van der Waals surface area contributed by atoms with Gasteiger partial charge in [0.25, 0.3) is 0 Å². The number of Topliss-reactive ketones (excluding diaryl/α,β-unsaturated/α-hetero) is 1. The van der Waals surface area contributed by atoms with Gasteiger partial charge < -0.3 is 0 Å². The highest BCUT2D eigenvalue weighted by Gasteiger charge is 2.26. The molecule has 0 N–H and O–H groups in total. The molecule has 1 nitrogen and oxygen atoms in total. The van der Waals surface area contributed by atoms with E-state index in [4.69, 9.17) is 11.6 Å². The predicted molar refractivity (Wildman–Crippen MR) is 42.3 cm³/mol. The van der Waals surface area contributed by atoms with Crippen molar-refractivity contribution >= 4 is 17.4 Å². The average Bonchev–Trinajstić information content (AvgIpc) is 1.88. The number of hydrogen-bond donors (Lipinski definition) is 0. The fraction of sp³-hybridized carbons (Fsp3) is 0.875. The lowest BCUT2D eigenvalue weighted by molar-refractivity contribution is -0.121. The van der Waals surface area contributed by atoms with Crippen LogP contribution in [-0.4, -0.2) is 11.2 Å². The Morgan fingerprint density at radius 1 is 1.40 bits per heavy atom. The fourth-order valence-electron chi connectivity index (χ4n) is 1.54. The van der Waals surface area contributed by atoms with Gasteiger partial charge in [-0.25, -0.2) is 0 Å². The molecule has 2 heteroatoms. The summed E-state index contributed by atoms with van der Waals surface area (Å²) in [6.45, 7) is 1.64. The second kappa shape index (κ2) is 3.38. The summed E-state index contributed by atoms with van der Waals surface area (Å²) in [4.78, 5) is 10.9. The molecule has 58 valence electrons. The number of halogens is 1. The van der Waals surface area contributed by atoms with Crippen LogP contribution in [0.4, 0.5) is 0 Å². The Bertz CT molecular complexity index is 133. The van der Waals surface area contributed by atoms with Crippen LogP contribution in [0, 0.1) is 5.92 Å². The van der Waals surface area contributed by atoms with Crippen LogP contribution in [0.15, 0.2) is 0 Å². The van der Waals surface area contributed by atoms with Crippen LogP contribution in [0.1, 0.15) is 32.6 Å². The Labute approximate surface area is 66.8 Å². The molecule has 1 aliphatic carbocycles. The van der Waals surface area contributed by atoms with Crippen LogP contribution in [-0.2, 0) is 4.79 Å². The first-order chi connectivity index (χ1) is 4.72. The van der Waals surface area contributed by atoms with Crippen molar-refractivity contribution < 1.29 is 4.79 Å². The maximum atomic E-state index is 10.9. The van der Waals surface area contributed by atoms with E-state index < -0.39 is 0 Å². The topological polar surface area (TPSA) is 17.1 Å². The molecule has 0 aromatic carbocycles.